The van der Waals surface area contributed by atoms with E-state index in [0.717, 1.165) is 17.7 Å². The topological polar surface area (TPSA) is 84.3 Å². The third kappa shape index (κ3) is 4.93. The van der Waals surface area contributed by atoms with Crippen molar-refractivity contribution in [3.63, 3.8) is 0 Å². The number of rotatable bonds is 7. The Morgan fingerprint density at radius 3 is 2.77 bits per heavy atom. The summed E-state index contributed by atoms with van der Waals surface area (Å²) in [5, 5.41) is 11.9. The number of pyridine rings is 1. The average Bonchev–Trinajstić information content (AvgIpc) is 3.35. The maximum atomic E-state index is 12.8. The number of fused-ring (bicyclic) bond motifs is 1. The molecule has 5 rings (SSSR count). The van der Waals surface area contributed by atoms with Gasteiger partial charge in [0, 0.05) is 23.7 Å². The molecule has 0 saturated carbocycles. The van der Waals surface area contributed by atoms with Crippen LogP contribution in [-0.2, 0) is 11.3 Å². The zero-order valence-corrected chi connectivity index (χ0v) is 21.1. The van der Waals surface area contributed by atoms with E-state index < -0.39 is 0 Å². The Kier molecular flexibility index (Phi) is 6.81. The number of thiophene rings is 1. The minimum absolute atomic E-state index is 0.0338. The molecule has 8 nitrogen and oxygen atoms in total. The Labute approximate surface area is 208 Å². The van der Waals surface area contributed by atoms with Crippen LogP contribution in [0.3, 0.4) is 0 Å². The van der Waals surface area contributed by atoms with Crippen LogP contribution in [0.5, 0.6) is 0 Å². The Hall–Kier alpha value is -3.27. The van der Waals surface area contributed by atoms with Gasteiger partial charge in [-0.05, 0) is 49.0 Å². The summed E-state index contributed by atoms with van der Waals surface area (Å²) in [4.78, 5) is 23.2. The van der Waals surface area contributed by atoms with Gasteiger partial charge in [0.2, 0.25) is 0 Å². The highest BCUT2D eigenvalue weighted by Crippen LogP contribution is 2.33. The summed E-state index contributed by atoms with van der Waals surface area (Å²) in [6.45, 7) is 7.37. The molecule has 9 heteroatoms. The molecule has 1 aromatic carbocycles. The van der Waals surface area contributed by atoms with E-state index in [1.807, 2.05) is 25.2 Å². The molecule has 4 heterocycles. The number of morpholine rings is 1. The summed E-state index contributed by atoms with van der Waals surface area (Å²) in [6, 6.07) is 12.4. The summed E-state index contributed by atoms with van der Waals surface area (Å²) in [7, 11) is 1.97. The highest BCUT2D eigenvalue weighted by atomic mass is 32.1. The number of aromatic nitrogens is 3. The molecule has 1 fully saturated rings. The minimum Gasteiger partial charge on any atom is -0.378 e. The van der Waals surface area contributed by atoms with Crippen molar-refractivity contribution in [1.29, 1.82) is 0 Å². The van der Waals surface area contributed by atoms with Crippen molar-refractivity contribution < 1.29 is 4.74 Å². The lowest BCUT2D eigenvalue weighted by Crippen LogP contribution is -2.48. The van der Waals surface area contributed by atoms with Crippen LogP contribution in [0, 0.1) is 6.92 Å². The molecule has 1 atom stereocenters. The molecule has 2 N–H and O–H groups in total. The van der Waals surface area contributed by atoms with Crippen LogP contribution in [0.4, 0.5) is 5.82 Å². The maximum absolute atomic E-state index is 12.8. The van der Waals surface area contributed by atoms with Gasteiger partial charge in [-0.15, -0.1) is 11.3 Å². The lowest BCUT2D eigenvalue weighted by Gasteiger charge is -2.30. The summed E-state index contributed by atoms with van der Waals surface area (Å²) in [5.41, 5.74) is 4.29. The maximum Gasteiger partial charge on any atom is 0.271 e. The van der Waals surface area contributed by atoms with Gasteiger partial charge in [-0.3, -0.25) is 4.79 Å². The van der Waals surface area contributed by atoms with Crippen LogP contribution in [0.1, 0.15) is 29.2 Å². The van der Waals surface area contributed by atoms with Crippen LogP contribution < -0.4 is 21.2 Å². The molecule has 0 spiro atoms. The van der Waals surface area contributed by atoms with Crippen LogP contribution in [0.2, 0.25) is 0 Å². The predicted molar refractivity (Wildman–Crippen MR) is 142 cm³/mol. The number of nitrogens with one attached hydrogen (secondary N) is 2. The van der Waals surface area contributed by atoms with Crippen molar-refractivity contribution in [2.24, 2.45) is 0 Å². The first-order chi connectivity index (χ1) is 17.0. The summed E-state index contributed by atoms with van der Waals surface area (Å²) in [6.07, 6.45) is 1.85. The predicted octanol–water partition coefficient (Wildman–Crippen LogP) is 3.69. The first-order valence-electron chi connectivity index (χ1n) is 11.9. The van der Waals surface area contributed by atoms with E-state index in [1.165, 1.54) is 21.6 Å². The highest BCUT2D eigenvalue weighted by Gasteiger charge is 2.18. The largest absolute Gasteiger partial charge is 0.378 e. The van der Waals surface area contributed by atoms with Gasteiger partial charge in [-0.25, -0.2) is 14.6 Å². The normalized spacial score (nSPS) is 14.9. The van der Waals surface area contributed by atoms with Crippen molar-refractivity contribution in [2.75, 3.05) is 43.7 Å². The minimum atomic E-state index is -0.0976. The van der Waals surface area contributed by atoms with E-state index in [0.29, 0.717) is 37.6 Å². The lowest BCUT2D eigenvalue weighted by atomic mass is 10.0. The molecule has 3 aromatic heterocycles. The molecule has 0 aliphatic carbocycles. The monoisotopic (exact) mass is 490 g/mol. The number of nitrogens with zero attached hydrogens (tertiary/aromatic N) is 4. The van der Waals surface area contributed by atoms with Crippen LogP contribution in [0.25, 0.3) is 22.0 Å². The molecule has 4 aromatic rings. The van der Waals surface area contributed by atoms with E-state index in [-0.39, 0.29) is 11.6 Å². The number of hydrogen-bond acceptors (Lipinski definition) is 8. The molecule has 1 saturated heterocycles. The zero-order chi connectivity index (χ0) is 24.4. The molecule has 35 heavy (non-hydrogen) atoms. The molecule has 1 aliphatic rings. The van der Waals surface area contributed by atoms with Crippen molar-refractivity contribution >= 4 is 28.1 Å². The highest BCUT2D eigenvalue weighted by molar-refractivity contribution is 7.10. The van der Waals surface area contributed by atoms with Gasteiger partial charge < -0.3 is 20.4 Å². The number of anilines is 1. The first kappa shape index (κ1) is 23.5. The smallest absolute Gasteiger partial charge is 0.271 e. The first-order valence-corrected chi connectivity index (χ1v) is 12.7. The summed E-state index contributed by atoms with van der Waals surface area (Å²) >= 11 is 1.73. The van der Waals surface area contributed by atoms with Gasteiger partial charge in [-0.2, -0.15) is 0 Å². The quantitative estimate of drug-likeness (QED) is 0.409. The lowest BCUT2D eigenvalue weighted by molar-refractivity contribution is 0.111. The van der Waals surface area contributed by atoms with Gasteiger partial charge >= 0.3 is 0 Å². The van der Waals surface area contributed by atoms with E-state index in [2.05, 4.69) is 58.3 Å². The number of ether oxygens (including phenoxy) is 1. The molecule has 0 amide bonds. The second kappa shape index (κ2) is 10.2. The van der Waals surface area contributed by atoms with E-state index in [1.54, 1.807) is 22.1 Å². The molecule has 1 unspecified atom stereocenters. The van der Waals surface area contributed by atoms with Crippen molar-refractivity contribution in [2.45, 2.75) is 26.4 Å². The van der Waals surface area contributed by atoms with Crippen LogP contribution >= 0.6 is 11.3 Å². The SMILES string of the molecule is CNCc1ccccc1-c1csc(C(C)Nc2nc(C)nc3cc(=O)n(N4CCOCC4)cc23)c1. The Morgan fingerprint density at radius 1 is 1.17 bits per heavy atom. The molecular weight excluding hydrogens is 460 g/mol. The van der Waals surface area contributed by atoms with Gasteiger partial charge in [0.25, 0.3) is 5.56 Å². The van der Waals surface area contributed by atoms with Crippen LogP contribution in [0.15, 0.2) is 52.8 Å². The fraction of sp³-hybridized carbons (Fsp3) is 0.346. The molecule has 1 aliphatic heterocycles. The van der Waals surface area contributed by atoms with Gasteiger partial charge in [-0.1, -0.05) is 24.3 Å². The molecule has 0 radical (unpaired) electrons. The summed E-state index contributed by atoms with van der Waals surface area (Å²) < 4.78 is 7.12. The van der Waals surface area contributed by atoms with Crippen molar-refractivity contribution in [1.82, 2.24) is 20.0 Å². The number of benzene rings is 1. The summed E-state index contributed by atoms with van der Waals surface area (Å²) in [5.74, 6) is 1.36. The second-order valence-electron chi connectivity index (χ2n) is 8.73. The Bertz CT molecular complexity index is 1390. The van der Waals surface area contributed by atoms with E-state index in [4.69, 9.17) is 9.72 Å². The third-order valence-electron chi connectivity index (χ3n) is 6.21. The fourth-order valence-electron chi connectivity index (χ4n) is 4.45. The van der Waals surface area contributed by atoms with Gasteiger partial charge in [0.15, 0.2) is 0 Å². The second-order valence-corrected chi connectivity index (χ2v) is 9.67. The average molecular weight is 491 g/mol. The van der Waals surface area contributed by atoms with E-state index in [9.17, 15) is 4.79 Å². The molecule has 0 bridgehead atoms. The zero-order valence-electron chi connectivity index (χ0n) is 20.2. The van der Waals surface area contributed by atoms with E-state index >= 15 is 0 Å². The third-order valence-corrected chi connectivity index (χ3v) is 7.33. The van der Waals surface area contributed by atoms with Gasteiger partial charge in [0.1, 0.15) is 11.6 Å². The Morgan fingerprint density at radius 2 is 1.97 bits per heavy atom. The van der Waals surface area contributed by atoms with Crippen LogP contribution in [-0.4, -0.2) is 48.0 Å². The van der Waals surface area contributed by atoms with Crippen molar-refractivity contribution in [3.8, 4) is 11.1 Å². The van der Waals surface area contributed by atoms with Gasteiger partial charge in [0.05, 0.1) is 43.2 Å². The Balaban J connectivity index is 1.46. The van der Waals surface area contributed by atoms with Crippen molar-refractivity contribution in [3.05, 3.63) is 74.6 Å². The molecular formula is C26H30N6O2S. The molecule has 182 valence electrons. The fourth-order valence-corrected chi connectivity index (χ4v) is 5.37. The standard InChI is InChI=1S/C26H30N6O2S/c1-17(24-12-20(16-35-24)21-7-5-4-6-19(21)14-27-3)28-26-22-15-32(31-8-10-34-11-9-31)25(33)13-23(22)29-18(2)30-26/h4-7,12-13,15-17,27H,8-11,14H2,1-3H3,(H,28,29,30). The number of hydrogen-bond donors (Lipinski definition) is 2. The number of aryl methyl sites for hydroxylation is 1.